The number of carbonyl (C=O) groups is 4. The van der Waals surface area contributed by atoms with E-state index in [9.17, 15) is 19.2 Å². The zero-order valence-electron chi connectivity index (χ0n) is 25.9. The number of aliphatic imine (C=N–C) groups is 1. The van der Waals surface area contributed by atoms with Gasteiger partial charge in [0, 0.05) is 12.2 Å². The van der Waals surface area contributed by atoms with Gasteiger partial charge < -0.3 is 37.5 Å². The molecule has 0 saturated carbocycles. The highest BCUT2D eigenvalue weighted by atomic mass is 16.5. The summed E-state index contributed by atoms with van der Waals surface area (Å²) >= 11 is 0. The van der Waals surface area contributed by atoms with Crippen LogP contribution in [0.4, 0.5) is 10.5 Å². The molecule has 3 rings (SSSR count). The van der Waals surface area contributed by atoms with Gasteiger partial charge in [-0.25, -0.2) is 4.79 Å². The Kier molecular flexibility index (Phi) is 13.2. The first kappa shape index (κ1) is 34.4. The fourth-order valence-corrected chi connectivity index (χ4v) is 4.55. The molecule has 0 aliphatic carbocycles. The van der Waals surface area contributed by atoms with Gasteiger partial charge in [0.25, 0.3) is 0 Å². The molecular weight excluding hydrogens is 574 g/mol. The number of amides is 4. The number of ether oxygens (including phenoxy) is 1. The molecule has 4 amide bonds. The Morgan fingerprint density at radius 3 is 2.13 bits per heavy atom. The quantitative estimate of drug-likeness (QED) is 0.0857. The number of hydrogen-bond acceptors (Lipinski definition) is 6. The summed E-state index contributed by atoms with van der Waals surface area (Å²) in [6.45, 7) is 5.63. The van der Waals surface area contributed by atoms with Crippen LogP contribution in [0.25, 0.3) is 10.8 Å². The molecule has 3 aromatic rings. The molecule has 0 heterocycles. The molecule has 0 aromatic heterocycles. The standard InChI is InChI=1S/C33H43N7O5/c1-21(2)18-28(40-29(41)22(3)37-33(44)45-20-23-10-5-4-6-11-23)31(43)39-27(14-9-17-36-32(34)35)30(42)38-26-16-15-24-12-7-8-13-25(24)19-26/h4-8,10-13,15-16,19,21-22,27-28H,9,14,17-18,20H2,1-3H3,(H,37,44)(H,38,42)(H,39,43)(H,40,41)(H4,34,35,36). The Labute approximate surface area is 263 Å². The molecule has 0 saturated heterocycles. The van der Waals surface area contributed by atoms with Crippen LogP contribution in [0.15, 0.2) is 77.8 Å². The van der Waals surface area contributed by atoms with Crippen molar-refractivity contribution in [1.29, 1.82) is 0 Å². The van der Waals surface area contributed by atoms with Crippen molar-refractivity contribution in [1.82, 2.24) is 16.0 Å². The number of benzene rings is 3. The molecule has 0 bridgehead atoms. The van der Waals surface area contributed by atoms with Crippen molar-refractivity contribution >= 4 is 46.2 Å². The first-order chi connectivity index (χ1) is 21.5. The summed E-state index contributed by atoms with van der Waals surface area (Å²) in [4.78, 5) is 56.2. The summed E-state index contributed by atoms with van der Waals surface area (Å²) in [6.07, 6.45) is 0.199. The van der Waals surface area contributed by atoms with E-state index in [1.54, 1.807) is 6.07 Å². The number of nitrogens with one attached hydrogen (secondary N) is 4. The van der Waals surface area contributed by atoms with Crippen molar-refractivity contribution in [2.45, 2.75) is 64.8 Å². The summed E-state index contributed by atoms with van der Waals surface area (Å²) in [5, 5.41) is 12.9. The van der Waals surface area contributed by atoms with Gasteiger partial charge in [-0.1, -0.05) is 74.5 Å². The van der Waals surface area contributed by atoms with Crippen LogP contribution in [-0.4, -0.2) is 54.4 Å². The predicted molar refractivity (Wildman–Crippen MR) is 175 cm³/mol. The molecule has 45 heavy (non-hydrogen) atoms. The molecule has 8 N–H and O–H groups in total. The van der Waals surface area contributed by atoms with Crippen LogP contribution in [-0.2, 0) is 25.7 Å². The third kappa shape index (κ3) is 11.8. The number of alkyl carbamates (subject to hydrolysis) is 1. The lowest BCUT2D eigenvalue weighted by Crippen LogP contribution is -2.56. The lowest BCUT2D eigenvalue weighted by molar-refractivity contribution is -0.132. The number of hydrogen-bond donors (Lipinski definition) is 6. The van der Waals surface area contributed by atoms with Crippen molar-refractivity contribution in [2.24, 2.45) is 22.4 Å². The first-order valence-electron chi connectivity index (χ1n) is 14.9. The van der Waals surface area contributed by atoms with Crippen LogP contribution in [0.5, 0.6) is 0 Å². The summed E-state index contributed by atoms with van der Waals surface area (Å²) in [6, 6.07) is 19.6. The maximum atomic E-state index is 13.5. The van der Waals surface area contributed by atoms with Gasteiger partial charge in [-0.2, -0.15) is 0 Å². The van der Waals surface area contributed by atoms with E-state index in [4.69, 9.17) is 16.2 Å². The van der Waals surface area contributed by atoms with Gasteiger partial charge in [0.05, 0.1) is 0 Å². The highest BCUT2D eigenvalue weighted by Crippen LogP contribution is 2.19. The van der Waals surface area contributed by atoms with Crippen molar-refractivity contribution in [3.63, 3.8) is 0 Å². The van der Waals surface area contributed by atoms with E-state index in [-0.39, 0.29) is 31.4 Å². The Morgan fingerprint density at radius 1 is 0.778 bits per heavy atom. The second kappa shape index (κ2) is 17.2. The van der Waals surface area contributed by atoms with Crippen LogP contribution < -0.4 is 32.7 Å². The van der Waals surface area contributed by atoms with Gasteiger partial charge in [-0.05, 0) is 60.6 Å². The monoisotopic (exact) mass is 617 g/mol. The highest BCUT2D eigenvalue weighted by Gasteiger charge is 2.29. The van der Waals surface area contributed by atoms with Gasteiger partial charge in [-0.3, -0.25) is 19.4 Å². The fourth-order valence-electron chi connectivity index (χ4n) is 4.55. The summed E-state index contributed by atoms with van der Waals surface area (Å²) in [7, 11) is 0. The van der Waals surface area contributed by atoms with E-state index < -0.39 is 41.9 Å². The van der Waals surface area contributed by atoms with Crippen molar-refractivity contribution < 1.29 is 23.9 Å². The minimum Gasteiger partial charge on any atom is -0.445 e. The summed E-state index contributed by atoms with van der Waals surface area (Å²) in [5.74, 6) is -1.56. The Morgan fingerprint density at radius 2 is 1.44 bits per heavy atom. The topological polar surface area (TPSA) is 190 Å². The molecular formula is C33H43N7O5. The highest BCUT2D eigenvalue weighted by molar-refractivity contribution is 6.00. The first-order valence-corrected chi connectivity index (χ1v) is 14.9. The average Bonchev–Trinajstić information content (AvgIpc) is 3.01. The van der Waals surface area contributed by atoms with Gasteiger partial charge in [0.15, 0.2) is 5.96 Å². The van der Waals surface area contributed by atoms with E-state index >= 15 is 0 Å². The molecule has 0 aliphatic rings. The van der Waals surface area contributed by atoms with Gasteiger partial charge in [0.1, 0.15) is 24.7 Å². The molecule has 3 aromatic carbocycles. The minimum absolute atomic E-state index is 0.0342. The third-order valence-corrected chi connectivity index (χ3v) is 6.88. The molecule has 0 spiro atoms. The predicted octanol–water partition coefficient (Wildman–Crippen LogP) is 3.16. The zero-order chi connectivity index (χ0) is 32.8. The third-order valence-electron chi connectivity index (χ3n) is 6.88. The van der Waals surface area contributed by atoms with Crippen LogP contribution in [0.1, 0.15) is 45.6 Å². The normalized spacial score (nSPS) is 12.8. The largest absolute Gasteiger partial charge is 0.445 e. The molecule has 0 fully saturated rings. The van der Waals surface area contributed by atoms with Crippen molar-refractivity contribution in [2.75, 3.05) is 11.9 Å². The number of fused-ring (bicyclic) bond motifs is 1. The van der Waals surface area contributed by atoms with Gasteiger partial charge in [-0.15, -0.1) is 0 Å². The van der Waals surface area contributed by atoms with E-state index in [0.29, 0.717) is 18.5 Å². The van der Waals surface area contributed by atoms with E-state index in [2.05, 4.69) is 26.3 Å². The number of carbonyl (C=O) groups excluding carboxylic acids is 4. The Bertz CT molecular complexity index is 1470. The number of guanidine groups is 1. The van der Waals surface area contributed by atoms with Crippen LogP contribution in [0, 0.1) is 5.92 Å². The number of nitrogens with zero attached hydrogens (tertiary/aromatic N) is 1. The number of nitrogens with two attached hydrogens (primary N) is 2. The van der Waals surface area contributed by atoms with Crippen LogP contribution in [0.2, 0.25) is 0 Å². The number of anilines is 1. The second-order valence-corrected chi connectivity index (χ2v) is 11.2. The summed E-state index contributed by atoms with van der Waals surface area (Å²) < 4.78 is 5.20. The SMILES string of the molecule is CC(C)CC(NC(=O)C(C)NC(=O)OCc1ccccc1)C(=O)NC(CCCN=C(N)N)C(=O)Nc1ccc2ccccc2c1. The molecule has 0 aliphatic heterocycles. The minimum atomic E-state index is -0.984. The fraction of sp³-hybridized carbons (Fsp3) is 0.364. The van der Waals surface area contributed by atoms with E-state index in [0.717, 1.165) is 16.3 Å². The van der Waals surface area contributed by atoms with E-state index in [1.807, 2.05) is 80.6 Å². The van der Waals surface area contributed by atoms with Gasteiger partial charge in [0.2, 0.25) is 17.7 Å². The van der Waals surface area contributed by atoms with Crippen LogP contribution in [0.3, 0.4) is 0 Å². The molecule has 3 atom stereocenters. The lowest BCUT2D eigenvalue weighted by atomic mass is 10.0. The lowest BCUT2D eigenvalue weighted by Gasteiger charge is -2.25. The second-order valence-electron chi connectivity index (χ2n) is 11.2. The molecule has 3 unspecified atom stereocenters. The van der Waals surface area contributed by atoms with E-state index in [1.165, 1.54) is 6.92 Å². The molecule has 240 valence electrons. The van der Waals surface area contributed by atoms with Gasteiger partial charge >= 0.3 is 6.09 Å². The van der Waals surface area contributed by atoms with Crippen LogP contribution >= 0.6 is 0 Å². The maximum absolute atomic E-state index is 13.5. The molecule has 12 heteroatoms. The molecule has 0 radical (unpaired) electrons. The van der Waals surface area contributed by atoms with Crippen molar-refractivity contribution in [3.05, 3.63) is 78.4 Å². The number of rotatable bonds is 15. The summed E-state index contributed by atoms with van der Waals surface area (Å²) in [5.41, 5.74) is 12.2. The van der Waals surface area contributed by atoms with Crippen molar-refractivity contribution in [3.8, 4) is 0 Å². The average molecular weight is 618 g/mol. The Balaban J connectivity index is 1.66. The maximum Gasteiger partial charge on any atom is 0.408 e. The molecule has 12 nitrogen and oxygen atoms in total. The zero-order valence-corrected chi connectivity index (χ0v) is 25.9. The smallest absolute Gasteiger partial charge is 0.408 e. The Hall–Kier alpha value is -5.13.